The molecule has 2 aliphatic rings. The van der Waals surface area contributed by atoms with Gasteiger partial charge in [0, 0.05) is 25.0 Å². The van der Waals surface area contributed by atoms with Gasteiger partial charge in [0.05, 0.1) is 0 Å². The summed E-state index contributed by atoms with van der Waals surface area (Å²) in [5.74, 6) is 0. The molecule has 9 heteroatoms. The first-order chi connectivity index (χ1) is 13.5. The normalized spacial score (nSPS) is 15.3. The molecular weight excluding hydrogens is 380 g/mol. The van der Waals surface area contributed by atoms with Gasteiger partial charge in [-0.1, -0.05) is 6.07 Å². The number of hydrogen-bond donors (Lipinski definition) is 3. The molecule has 150 valence electrons. The molecule has 0 atom stereocenters. The number of benzene rings is 1. The van der Waals surface area contributed by atoms with Gasteiger partial charge in [-0.2, -0.15) is 13.5 Å². The predicted molar refractivity (Wildman–Crippen MR) is 104 cm³/mol. The number of anilines is 1. The van der Waals surface area contributed by atoms with Gasteiger partial charge < -0.3 is 10.4 Å². The average molecular weight is 404 g/mol. The SMILES string of the molecule is O=C(Nc1c2c(cc3c1CCC3)CCC2)NS(=O)(=O)c1ccn(CCCO)n1. The van der Waals surface area contributed by atoms with Gasteiger partial charge in [-0.15, -0.1) is 0 Å². The second-order valence-electron chi connectivity index (χ2n) is 7.29. The lowest BCUT2D eigenvalue weighted by Crippen LogP contribution is -2.35. The zero-order valence-electron chi connectivity index (χ0n) is 15.6. The van der Waals surface area contributed by atoms with Gasteiger partial charge in [-0.3, -0.25) is 4.68 Å². The summed E-state index contributed by atoms with van der Waals surface area (Å²) in [5, 5.41) is 15.4. The third-order valence-corrected chi connectivity index (χ3v) is 6.60. The zero-order valence-corrected chi connectivity index (χ0v) is 16.4. The summed E-state index contributed by atoms with van der Waals surface area (Å²) < 4.78 is 28.5. The van der Waals surface area contributed by atoms with Crippen molar-refractivity contribution in [2.45, 2.75) is 56.5 Å². The highest BCUT2D eigenvalue weighted by Gasteiger charge is 2.27. The summed E-state index contributed by atoms with van der Waals surface area (Å²) in [7, 11) is -4.07. The molecule has 0 fully saturated rings. The van der Waals surface area contributed by atoms with E-state index in [1.165, 1.54) is 28.1 Å². The Morgan fingerprint density at radius 1 is 1.14 bits per heavy atom. The molecule has 2 amide bonds. The van der Waals surface area contributed by atoms with E-state index in [0.717, 1.165) is 55.3 Å². The fraction of sp³-hybridized carbons (Fsp3) is 0.474. The van der Waals surface area contributed by atoms with Gasteiger partial charge in [-0.25, -0.2) is 9.52 Å². The van der Waals surface area contributed by atoms with E-state index in [1.54, 1.807) is 0 Å². The van der Waals surface area contributed by atoms with Crippen LogP contribution < -0.4 is 10.0 Å². The lowest BCUT2D eigenvalue weighted by Gasteiger charge is -2.16. The molecule has 1 aromatic heterocycles. The van der Waals surface area contributed by atoms with Gasteiger partial charge in [0.1, 0.15) is 0 Å². The van der Waals surface area contributed by atoms with Crippen molar-refractivity contribution < 1.29 is 18.3 Å². The van der Waals surface area contributed by atoms with Crippen molar-refractivity contribution in [3.8, 4) is 0 Å². The van der Waals surface area contributed by atoms with Crippen LogP contribution in [-0.2, 0) is 42.3 Å². The van der Waals surface area contributed by atoms with Gasteiger partial charge in [0.15, 0.2) is 5.03 Å². The largest absolute Gasteiger partial charge is 0.396 e. The third-order valence-electron chi connectivity index (χ3n) is 5.38. The molecule has 3 N–H and O–H groups in total. The molecule has 1 heterocycles. The molecule has 0 saturated carbocycles. The summed E-state index contributed by atoms with van der Waals surface area (Å²) in [4.78, 5) is 12.5. The van der Waals surface area contributed by atoms with Crippen LogP contribution in [0.15, 0.2) is 23.4 Å². The van der Waals surface area contributed by atoms with Crippen molar-refractivity contribution in [3.63, 3.8) is 0 Å². The fourth-order valence-corrected chi connectivity index (χ4v) is 4.98. The maximum atomic E-state index is 12.5. The molecule has 8 nitrogen and oxygen atoms in total. The summed E-state index contributed by atoms with van der Waals surface area (Å²) in [6.07, 6.45) is 7.90. The minimum absolute atomic E-state index is 0.00564. The summed E-state index contributed by atoms with van der Waals surface area (Å²) >= 11 is 0. The van der Waals surface area contributed by atoms with E-state index in [0.29, 0.717) is 13.0 Å². The molecule has 0 saturated heterocycles. The number of carbonyl (C=O) groups is 1. The quantitative estimate of drug-likeness (QED) is 0.679. The number of amides is 2. The molecule has 4 rings (SSSR count). The number of sulfonamides is 1. The van der Waals surface area contributed by atoms with E-state index in [4.69, 9.17) is 5.11 Å². The van der Waals surface area contributed by atoms with Crippen molar-refractivity contribution in [3.05, 3.63) is 40.6 Å². The molecule has 0 spiro atoms. The molecule has 2 aliphatic carbocycles. The number of urea groups is 1. The summed E-state index contributed by atoms with van der Waals surface area (Å²) in [6, 6.07) is 2.83. The number of aromatic nitrogens is 2. The molecule has 1 aromatic carbocycles. The Balaban J connectivity index is 1.51. The smallest absolute Gasteiger partial charge is 0.333 e. The Labute approximate surface area is 164 Å². The summed E-state index contributed by atoms with van der Waals surface area (Å²) in [6.45, 7) is 0.398. The first-order valence-corrected chi connectivity index (χ1v) is 11.1. The maximum absolute atomic E-state index is 12.5. The van der Waals surface area contributed by atoms with Crippen molar-refractivity contribution in [1.29, 1.82) is 0 Å². The minimum atomic E-state index is -4.07. The van der Waals surface area contributed by atoms with Crippen molar-refractivity contribution >= 4 is 21.7 Å². The first-order valence-electron chi connectivity index (χ1n) is 9.62. The van der Waals surface area contributed by atoms with Crippen LogP contribution in [0.3, 0.4) is 0 Å². The Bertz CT molecular complexity index is 981. The number of hydrogen-bond acceptors (Lipinski definition) is 5. The monoisotopic (exact) mass is 404 g/mol. The van der Waals surface area contributed by atoms with Crippen LogP contribution in [0.4, 0.5) is 10.5 Å². The van der Waals surface area contributed by atoms with Gasteiger partial charge in [0.2, 0.25) is 0 Å². The zero-order chi connectivity index (χ0) is 19.7. The standard InChI is InChI=1S/C19H24N4O4S/c24-11-3-9-23-10-8-17(21-23)28(26,27)22-19(25)20-18-15-6-1-4-13(15)12-14-5-2-7-16(14)18/h8,10,12,24H,1-7,9,11H2,(H2,20,22,25). The third kappa shape index (κ3) is 3.64. The van der Waals surface area contributed by atoms with Gasteiger partial charge in [-0.05, 0) is 73.3 Å². The number of aliphatic hydroxyl groups excluding tert-OH is 1. The molecule has 0 radical (unpaired) electrons. The van der Waals surface area contributed by atoms with E-state index in [1.807, 2.05) is 0 Å². The second kappa shape index (κ2) is 7.56. The lowest BCUT2D eigenvalue weighted by atomic mass is 9.99. The number of rotatable bonds is 6. The first kappa shape index (κ1) is 18.9. The lowest BCUT2D eigenvalue weighted by molar-refractivity contribution is 0.256. The Hall–Kier alpha value is -2.39. The van der Waals surface area contributed by atoms with Crippen LogP contribution >= 0.6 is 0 Å². The number of aliphatic hydroxyl groups is 1. The minimum Gasteiger partial charge on any atom is -0.396 e. The van der Waals surface area contributed by atoms with E-state index in [2.05, 4.69) is 21.2 Å². The molecular formula is C19H24N4O4S. The molecule has 2 aromatic rings. The van der Waals surface area contributed by atoms with E-state index in [9.17, 15) is 13.2 Å². The van der Waals surface area contributed by atoms with Crippen LogP contribution in [0.5, 0.6) is 0 Å². The Morgan fingerprint density at radius 3 is 2.46 bits per heavy atom. The van der Waals surface area contributed by atoms with Crippen LogP contribution in [0.1, 0.15) is 41.5 Å². The van der Waals surface area contributed by atoms with Crippen molar-refractivity contribution in [2.75, 3.05) is 11.9 Å². The number of nitrogens with zero attached hydrogens (tertiary/aromatic N) is 2. The molecule has 0 aliphatic heterocycles. The van der Waals surface area contributed by atoms with Gasteiger partial charge >= 0.3 is 6.03 Å². The van der Waals surface area contributed by atoms with Crippen LogP contribution in [0.25, 0.3) is 0 Å². The van der Waals surface area contributed by atoms with Crippen LogP contribution in [-0.4, -0.2) is 35.9 Å². The highest BCUT2D eigenvalue weighted by molar-refractivity contribution is 7.90. The average Bonchev–Trinajstić information content (AvgIpc) is 3.39. The highest BCUT2D eigenvalue weighted by Crippen LogP contribution is 2.38. The number of fused-ring (bicyclic) bond motifs is 2. The highest BCUT2D eigenvalue weighted by atomic mass is 32.2. The van der Waals surface area contributed by atoms with Crippen molar-refractivity contribution in [1.82, 2.24) is 14.5 Å². The predicted octanol–water partition coefficient (Wildman–Crippen LogP) is 1.75. The Morgan fingerprint density at radius 2 is 1.82 bits per heavy atom. The van der Waals surface area contributed by atoms with Crippen LogP contribution in [0, 0.1) is 0 Å². The topological polar surface area (TPSA) is 113 Å². The second-order valence-corrected chi connectivity index (χ2v) is 8.92. The number of aryl methyl sites for hydroxylation is 3. The van der Waals surface area contributed by atoms with E-state index in [-0.39, 0.29) is 11.6 Å². The van der Waals surface area contributed by atoms with Gasteiger partial charge in [0.25, 0.3) is 10.0 Å². The summed E-state index contributed by atoms with van der Waals surface area (Å²) in [5.41, 5.74) is 5.61. The number of carbonyl (C=O) groups excluding carboxylic acids is 1. The molecule has 28 heavy (non-hydrogen) atoms. The van der Waals surface area contributed by atoms with E-state index >= 15 is 0 Å². The van der Waals surface area contributed by atoms with Crippen LogP contribution in [0.2, 0.25) is 0 Å². The molecule has 0 bridgehead atoms. The molecule has 0 unspecified atom stereocenters. The van der Waals surface area contributed by atoms with Crippen molar-refractivity contribution in [2.24, 2.45) is 0 Å². The Kier molecular flexibility index (Phi) is 5.11. The number of nitrogens with one attached hydrogen (secondary N) is 2. The fourth-order valence-electron chi connectivity index (χ4n) is 4.12. The van der Waals surface area contributed by atoms with E-state index < -0.39 is 16.1 Å². The maximum Gasteiger partial charge on any atom is 0.333 e.